The second-order valence-electron chi connectivity index (χ2n) is 5.92. The number of hydrogen-bond donors (Lipinski definition) is 2. The summed E-state index contributed by atoms with van der Waals surface area (Å²) in [5, 5.41) is 16.7. The molecule has 1 unspecified atom stereocenters. The fourth-order valence-electron chi connectivity index (χ4n) is 2.19. The zero-order valence-electron chi connectivity index (χ0n) is 13.6. The number of rotatable bonds is 6. The number of hydrogen-bond acceptors (Lipinski definition) is 3. The van der Waals surface area contributed by atoms with Crippen LogP contribution in [0, 0.1) is 18.7 Å². The summed E-state index contributed by atoms with van der Waals surface area (Å²) in [6.45, 7) is 6.08. The van der Waals surface area contributed by atoms with Gasteiger partial charge >= 0.3 is 0 Å². The topological polar surface area (TPSA) is 67.2 Å². The molecule has 0 saturated carbocycles. The van der Waals surface area contributed by atoms with Gasteiger partial charge in [-0.1, -0.05) is 13.8 Å². The van der Waals surface area contributed by atoms with E-state index >= 15 is 0 Å². The SMILES string of the molecule is Cc1cc(C(=O)NCCC(O)C(C)C)nn1-c1ccc(F)cc1. The summed E-state index contributed by atoms with van der Waals surface area (Å²) in [4.78, 5) is 12.1. The first-order valence-corrected chi connectivity index (χ1v) is 7.67. The van der Waals surface area contributed by atoms with Crippen molar-refractivity contribution >= 4 is 5.91 Å². The van der Waals surface area contributed by atoms with Gasteiger partial charge in [0.2, 0.25) is 0 Å². The van der Waals surface area contributed by atoms with E-state index in [9.17, 15) is 14.3 Å². The highest BCUT2D eigenvalue weighted by Gasteiger charge is 2.14. The number of amides is 1. The fraction of sp³-hybridized carbons (Fsp3) is 0.412. The van der Waals surface area contributed by atoms with Crippen LogP contribution in [-0.2, 0) is 0 Å². The fourth-order valence-corrected chi connectivity index (χ4v) is 2.19. The van der Waals surface area contributed by atoms with E-state index in [1.807, 2.05) is 20.8 Å². The molecule has 0 saturated heterocycles. The van der Waals surface area contributed by atoms with Gasteiger partial charge in [-0.3, -0.25) is 4.79 Å². The molecule has 23 heavy (non-hydrogen) atoms. The van der Waals surface area contributed by atoms with Gasteiger partial charge in [0.25, 0.3) is 5.91 Å². The van der Waals surface area contributed by atoms with Crippen LogP contribution in [0.4, 0.5) is 4.39 Å². The predicted molar refractivity (Wildman–Crippen MR) is 86.1 cm³/mol. The Kier molecular flexibility index (Phi) is 5.50. The van der Waals surface area contributed by atoms with Crippen molar-refractivity contribution in [2.75, 3.05) is 6.54 Å². The second kappa shape index (κ2) is 7.37. The summed E-state index contributed by atoms with van der Waals surface area (Å²) >= 11 is 0. The van der Waals surface area contributed by atoms with Gasteiger partial charge in [0.1, 0.15) is 5.82 Å². The van der Waals surface area contributed by atoms with Crippen molar-refractivity contribution in [2.45, 2.75) is 33.3 Å². The van der Waals surface area contributed by atoms with Crippen LogP contribution in [0.1, 0.15) is 36.5 Å². The number of aromatic nitrogens is 2. The lowest BCUT2D eigenvalue weighted by Crippen LogP contribution is -2.29. The molecule has 0 radical (unpaired) electrons. The normalized spacial score (nSPS) is 12.4. The van der Waals surface area contributed by atoms with Crippen LogP contribution < -0.4 is 5.32 Å². The van der Waals surface area contributed by atoms with Crippen molar-refractivity contribution in [3.63, 3.8) is 0 Å². The van der Waals surface area contributed by atoms with E-state index in [0.717, 1.165) is 5.69 Å². The highest BCUT2D eigenvalue weighted by molar-refractivity contribution is 5.92. The van der Waals surface area contributed by atoms with Crippen LogP contribution in [0.2, 0.25) is 0 Å². The van der Waals surface area contributed by atoms with E-state index in [1.165, 1.54) is 12.1 Å². The minimum Gasteiger partial charge on any atom is -0.393 e. The van der Waals surface area contributed by atoms with E-state index in [4.69, 9.17) is 0 Å². The van der Waals surface area contributed by atoms with Crippen LogP contribution in [0.5, 0.6) is 0 Å². The van der Waals surface area contributed by atoms with E-state index < -0.39 is 6.10 Å². The van der Waals surface area contributed by atoms with E-state index in [0.29, 0.717) is 24.3 Å². The third kappa shape index (κ3) is 4.39. The summed E-state index contributed by atoms with van der Waals surface area (Å²) in [6.07, 6.45) is 0.0648. The van der Waals surface area contributed by atoms with Gasteiger partial charge in [-0.25, -0.2) is 9.07 Å². The van der Waals surface area contributed by atoms with Crippen LogP contribution >= 0.6 is 0 Å². The van der Waals surface area contributed by atoms with Crippen LogP contribution in [-0.4, -0.2) is 33.4 Å². The molecule has 0 aliphatic carbocycles. The maximum Gasteiger partial charge on any atom is 0.271 e. The molecular weight excluding hydrogens is 297 g/mol. The zero-order chi connectivity index (χ0) is 17.0. The highest BCUT2D eigenvalue weighted by Crippen LogP contribution is 2.13. The van der Waals surface area contributed by atoms with Crippen LogP contribution in [0.25, 0.3) is 5.69 Å². The van der Waals surface area contributed by atoms with Gasteiger partial charge < -0.3 is 10.4 Å². The molecule has 6 heteroatoms. The van der Waals surface area contributed by atoms with Crippen molar-refractivity contribution in [1.82, 2.24) is 15.1 Å². The number of nitrogens with one attached hydrogen (secondary N) is 1. The van der Waals surface area contributed by atoms with Gasteiger partial charge in [-0.05, 0) is 49.6 Å². The first-order chi connectivity index (χ1) is 10.9. The molecule has 1 aromatic heterocycles. The Balaban J connectivity index is 2.02. The Hall–Kier alpha value is -2.21. The van der Waals surface area contributed by atoms with Gasteiger partial charge in [0, 0.05) is 12.2 Å². The Morgan fingerprint density at radius 2 is 2.00 bits per heavy atom. The average Bonchev–Trinajstić information content (AvgIpc) is 2.89. The zero-order valence-corrected chi connectivity index (χ0v) is 13.6. The first-order valence-electron chi connectivity index (χ1n) is 7.67. The van der Waals surface area contributed by atoms with Gasteiger partial charge in [-0.2, -0.15) is 5.10 Å². The van der Waals surface area contributed by atoms with Crippen molar-refractivity contribution in [2.24, 2.45) is 5.92 Å². The molecule has 124 valence electrons. The number of carbonyl (C=O) groups excluding carboxylic acids is 1. The van der Waals surface area contributed by atoms with E-state index in [1.54, 1.807) is 22.9 Å². The molecule has 2 aromatic rings. The number of nitrogens with zero attached hydrogens (tertiary/aromatic N) is 2. The van der Waals surface area contributed by atoms with Gasteiger partial charge in [0.15, 0.2) is 5.69 Å². The molecule has 1 aromatic carbocycles. The Bertz CT molecular complexity index is 665. The maximum absolute atomic E-state index is 13.0. The molecule has 2 N–H and O–H groups in total. The Morgan fingerprint density at radius 3 is 2.61 bits per heavy atom. The molecule has 0 fully saturated rings. The Morgan fingerprint density at radius 1 is 1.35 bits per heavy atom. The number of aliphatic hydroxyl groups excluding tert-OH is 1. The molecule has 0 aliphatic rings. The van der Waals surface area contributed by atoms with Crippen molar-refractivity contribution in [3.05, 3.63) is 47.5 Å². The summed E-state index contributed by atoms with van der Waals surface area (Å²) < 4.78 is 14.6. The molecule has 2 rings (SSSR count). The molecule has 1 amide bonds. The lowest BCUT2D eigenvalue weighted by Gasteiger charge is -2.14. The third-order valence-corrected chi connectivity index (χ3v) is 3.69. The minimum absolute atomic E-state index is 0.159. The van der Waals surface area contributed by atoms with Crippen LogP contribution in [0.15, 0.2) is 30.3 Å². The van der Waals surface area contributed by atoms with E-state index in [-0.39, 0.29) is 17.6 Å². The minimum atomic E-state index is -0.436. The lowest BCUT2D eigenvalue weighted by atomic mass is 10.0. The number of carbonyl (C=O) groups is 1. The number of aryl methyl sites for hydroxylation is 1. The van der Waals surface area contributed by atoms with Gasteiger partial charge in [-0.15, -0.1) is 0 Å². The highest BCUT2D eigenvalue weighted by atomic mass is 19.1. The summed E-state index contributed by atoms with van der Waals surface area (Å²) in [6, 6.07) is 7.59. The molecule has 0 aliphatic heterocycles. The third-order valence-electron chi connectivity index (χ3n) is 3.69. The standard InChI is InChI=1S/C17H22FN3O2/c1-11(2)16(22)8-9-19-17(23)15-10-12(3)21(20-15)14-6-4-13(18)5-7-14/h4-7,10-11,16,22H,8-9H2,1-3H3,(H,19,23). The number of benzene rings is 1. The second-order valence-corrected chi connectivity index (χ2v) is 5.92. The summed E-state index contributed by atoms with van der Waals surface area (Å²) in [5.41, 5.74) is 1.77. The molecule has 0 spiro atoms. The lowest BCUT2D eigenvalue weighted by molar-refractivity contribution is 0.0915. The Labute approximate surface area is 135 Å². The molecular formula is C17H22FN3O2. The monoisotopic (exact) mass is 319 g/mol. The van der Waals surface area contributed by atoms with Crippen molar-refractivity contribution in [1.29, 1.82) is 0 Å². The number of halogens is 1. The maximum atomic E-state index is 13.0. The quantitative estimate of drug-likeness (QED) is 0.859. The molecule has 1 heterocycles. The average molecular weight is 319 g/mol. The molecule has 0 bridgehead atoms. The smallest absolute Gasteiger partial charge is 0.271 e. The molecule has 1 atom stereocenters. The molecule has 5 nitrogen and oxygen atoms in total. The number of aliphatic hydroxyl groups is 1. The largest absolute Gasteiger partial charge is 0.393 e. The van der Waals surface area contributed by atoms with Crippen LogP contribution in [0.3, 0.4) is 0 Å². The summed E-state index contributed by atoms with van der Waals surface area (Å²) in [7, 11) is 0. The van der Waals surface area contributed by atoms with Gasteiger partial charge in [0.05, 0.1) is 11.8 Å². The van der Waals surface area contributed by atoms with E-state index in [2.05, 4.69) is 10.4 Å². The first kappa shape index (κ1) is 17.1. The van der Waals surface area contributed by atoms with Crippen molar-refractivity contribution in [3.8, 4) is 5.69 Å². The predicted octanol–water partition coefficient (Wildman–Crippen LogP) is 2.46. The summed E-state index contributed by atoms with van der Waals surface area (Å²) in [5.74, 6) is -0.447. The van der Waals surface area contributed by atoms with Crippen molar-refractivity contribution < 1.29 is 14.3 Å².